The van der Waals surface area contributed by atoms with Crippen LogP contribution in [0.1, 0.15) is 45.7 Å². The second-order valence-corrected chi connectivity index (χ2v) is 5.91. The average molecular weight is 330 g/mol. The van der Waals surface area contributed by atoms with Crippen LogP contribution in [0, 0.1) is 0 Å². The fourth-order valence-corrected chi connectivity index (χ4v) is 2.44. The summed E-state index contributed by atoms with van der Waals surface area (Å²) in [5.74, 6) is -2.17. The molecule has 0 aliphatic heterocycles. The first kappa shape index (κ1) is 17.7. The molecule has 0 amide bonds. The average Bonchev–Trinajstić information content (AvgIpc) is 2.54. The van der Waals surface area contributed by atoms with E-state index >= 15 is 0 Å². The van der Waals surface area contributed by atoms with Crippen molar-refractivity contribution in [3.63, 3.8) is 0 Å². The van der Waals surface area contributed by atoms with E-state index in [-0.39, 0.29) is 11.1 Å². The second kappa shape index (κ2) is 6.07. The Balaban J connectivity index is 2.41. The van der Waals surface area contributed by atoms with Crippen LogP contribution in [-0.4, -0.2) is 32.4 Å². The van der Waals surface area contributed by atoms with Crippen molar-refractivity contribution in [2.24, 2.45) is 0 Å². The van der Waals surface area contributed by atoms with E-state index in [0.29, 0.717) is 11.1 Å². The number of aromatic carboxylic acids is 2. The molecule has 0 aliphatic rings. The van der Waals surface area contributed by atoms with Crippen LogP contribution in [0.2, 0.25) is 0 Å². The molecular formula is C18H18O6. The molecule has 2 atom stereocenters. The molecule has 6 nitrogen and oxygen atoms in total. The normalized spacial score (nSPS) is 16.0. The van der Waals surface area contributed by atoms with Crippen LogP contribution in [0.3, 0.4) is 0 Å². The smallest absolute Gasteiger partial charge is 0.335 e. The zero-order chi connectivity index (χ0) is 18.1. The van der Waals surface area contributed by atoms with Crippen molar-refractivity contribution in [3.05, 3.63) is 70.8 Å². The molecule has 0 saturated carbocycles. The number of aliphatic hydroxyl groups is 2. The maximum atomic E-state index is 10.9. The van der Waals surface area contributed by atoms with Gasteiger partial charge in [0.25, 0.3) is 0 Å². The van der Waals surface area contributed by atoms with E-state index < -0.39 is 23.1 Å². The van der Waals surface area contributed by atoms with Gasteiger partial charge in [-0.1, -0.05) is 24.3 Å². The third-order valence-electron chi connectivity index (χ3n) is 4.34. The van der Waals surface area contributed by atoms with Crippen molar-refractivity contribution < 1.29 is 30.0 Å². The largest absolute Gasteiger partial charge is 0.478 e. The Morgan fingerprint density at radius 3 is 1.12 bits per heavy atom. The summed E-state index contributed by atoms with van der Waals surface area (Å²) in [5.41, 5.74) is -2.65. The molecule has 0 aliphatic carbocycles. The Bertz CT molecular complexity index is 690. The Labute approximate surface area is 138 Å². The SMILES string of the molecule is CC(O)(c1ccc(C(=O)O)cc1)C(C)(O)c1ccc(C(=O)O)cc1. The Morgan fingerprint density at radius 2 is 0.917 bits per heavy atom. The van der Waals surface area contributed by atoms with Crippen molar-refractivity contribution in [3.8, 4) is 0 Å². The van der Waals surface area contributed by atoms with Gasteiger partial charge in [0, 0.05) is 0 Å². The lowest BCUT2D eigenvalue weighted by molar-refractivity contribution is -0.143. The molecule has 4 N–H and O–H groups in total. The monoisotopic (exact) mass is 330 g/mol. The number of carboxylic acids is 2. The summed E-state index contributed by atoms with van der Waals surface area (Å²) >= 11 is 0. The zero-order valence-electron chi connectivity index (χ0n) is 13.2. The molecule has 24 heavy (non-hydrogen) atoms. The highest BCUT2D eigenvalue weighted by Gasteiger charge is 2.44. The summed E-state index contributed by atoms with van der Waals surface area (Å²) in [5, 5.41) is 39.6. The molecule has 0 radical (unpaired) electrons. The first-order valence-corrected chi connectivity index (χ1v) is 7.20. The van der Waals surface area contributed by atoms with E-state index in [9.17, 15) is 19.8 Å². The lowest BCUT2D eigenvalue weighted by atomic mass is 9.75. The molecule has 6 heteroatoms. The van der Waals surface area contributed by atoms with E-state index in [1.54, 1.807) is 0 Å². The van der Waals surface area contributed by atoms with Crippen molar-refractivity contribution >= 4 is 11.9 Å². The van der Waals surface area contributed by atoms with E-state index in [0.717, 1.165) is 0 Å². The molecule has 0 spiro atoms. The quantitative estimate of drug-likeness (QED) is 0.668. The van der Waals surface area contributed by atoms with E-state index in [2.05, 4.69) is 0 Å². The van der Waals surface area contributed by atoms with Crippen molar-refractivity contribution in [1.29, 1.82) is 0 Å². The van der Waals surface area contributed by atoms with Gasteiger partial charge in [-0.3, -0.25) is 0 Å². The predicted octanol–water partition coefficient (Wildman–Crippen LogP) is 2.20. The molecule has 2 aromatic carbocycles. The summed E-state index contributed by atoms with van der Waals surface area (Å²) in [6.07, 6.45) is 0. The van der Waals surface area contributed by atoms with Gasteiger partial charge in [-0.25, -0.2) is 9.59 Å². The van der Waals surface area contributed by atoms with Gasteiger partial charge in [-0.2, -0.15) is 0 Å². The topological polar surface area (TPSA) is 115 Å². The molecule has 0 saturated heterocycles. The van der Waals surface area contributed by atoms with Gasteiger partial charge in [0.15, 0.2) is 0 Å². The van der Waals surface area contributed by atoms with Gasteiger partial charge in [-0.15, -0.1) is 0 Å². The van der Waals surface area contributed by atoms with Gasteiger partial charge in [0.2, 0.25) is 0 Å². The van der Waals surface area contributed by atoms with Crippen molar-refractivity contribution in [1.82, 2.24) is 0 Å². The minimum absolute atomic E-state index is 0.0694. The van der Waals surface area contributed by atoms with Crippen molar-refractivity contribution in [2.45, 2.75) is 25.0 Å². The molecule has 0 fully saturated rings. The van der Waals surface area contributed by atoms with Crippen LogP contribution < -0.4 is 0 Å². The Kier molecular flexibility index (Phi) is 4.46. The number of hydrogen-bond acceptors (Lipinski definition) is 4. The number of rotatable bonds is 5. The molecule has 126 valence electrons. The first-order valence-electron chi connectivity index (χ1n) is 7.20. The highest BCUT2D eigenvalue weighted by Crippen LogP contribution is 2.40. The Hall–Kier alpha value is -2.70. The third kappa shape index (κ3) is 3.02. The highest BCUT2D eigenvalue weighted by molar-refractivity contribution is 5.88. The first-order chi connectivity index (χ1) is 11.1. The third-order valence-corrected chi connectivity index (χ3v) is 4.34. The molecular weight excluding hydrogens is 312 g/mol. The van der Waals surface area contributed by atoms with E-state index in [4.69, 9.17) is 10.2 Å². The molecule has 2 unspecified atom stereocenters. The molecule has 0 aromatic heterocycles. The van der Waals surface area contributed by atoms with Gasteiger partial charge in [0.1, 0.15) is 11.2 Å². The lowest BCUT2D eigenvalue weighted by Gasteiger charge is -2.39. The number of hydrogen-bond donors (Lipinski definition) is 4. The molecule has 2 rings (SSSR count). The van der Waals surface area contributed by atoms with Gasteiger partial charge in [0.05, 0.1) is 11.1 Å². The minimum atomic E-state index is -1.73. The van der Waals surface area contributed by atoms with Gasteiger partial charge in [-0.05, 0) is 49.2 Å². The van der Waals surface area contributed by atoms with Crippen molar-refractivity contribution in [2.75, 3.05) is 0 Å². The van der Waals surface area contributed by atoms with E-state index in [1.807, 2.05) is 0 Å². The van der Waals surface area contributed by atoms with Crippen LogP contribution in [-0.2, 0) is 11.2 Å². The maximum Gasteiger partial charge on any atom is 0.335 e. The fraction of sp³-hybridized carbons (Fsp3) is 0.222. The van der Waals surface area contributed by atoms with Crippen LogP contribution in [0.4, 0.5) is 0 Å². The maximum absolute atomic E-state index is 10.9. The Morgan fingerprint density at radius 1 is 0.667 bits per heavy atom. The summed E-state index contributed by atoms with van der Waals surface area (Å²) < 4.78 is 0. The number of benzene rings is 2. The van der Waals surface area contributed by atoms with Crippen LogP contribution >= 0.6 is 0 Å². The standard InChI is InChI=1S/C18H18O6/c1-17(23,13-7-3-11(4-8-13)15(19)20)18(2,24)14-9-5-12(6-10-14)16(21)22/h3-10,23-24H,1-2H3,(H,19,20)(H,21,22). The highest BCUT2D eigenvalue weighted by atomic mass is 16.4. The molecule has 0 heterocycles. The van der Waals surface area contributed by atoms with Crippen LogP contribution in [0.25, 0.3) is 0 Å². The molecule has 2 aromatic rings. The van der Waals surface area contributed by atoms with Gasteiger partial charge >= 0.3 is 11.9 Å². The molecule has 0 bridgehead atoms. The lowest BCUT2D eigenvalue weighted by Crippen LogP contribution is -2.45. The number of carbonyl (C=O) groups is 2. The zero-order valence-corrected chi connectivity index (χ0v) is 13.2. The summed E-state index contributed by atoms with van der Waals surface area (Å²) in [7, 11) is 0. The summed E-state index contributed by atoms with van der Waals surface area (Å²) in [6, 6.07) is 11.1. The minimum Gasteiger partial charge on any atom is -0.478 e. The fourth-order valence-electron chi connectivity index (χ4n) is 2.44. The van der Waals surface area contributed by atoms with Crippen LogP contribution in [0.15, 0.2) is 48.5 Å². The predicted molar refractivity (Wildman–Crippen MR) is 85.9 cm³/mol. The van der Waals surface area contributed by atoms with Crippen LogP contribution in [0.5, 0.6) is 0 Å². The second-order valence-electron chi connectivity index (χ2n) is 5.91. The van der Waals surface area contributed by atoms with E-state index in [1.165, 1.54) is 62.4 Å². The summed E-state index contributed by atoms with van der Waals surface area (Å²) in [6.45, 7) is 2.82. The van der Waals surface area contributed by atoms with Gasteiger partial charge < -0.3 is 20.4 Å². The number of carboxylic acid groups (broad SMARTS) is 2. The summed E-state index contributed by atoms with van der Waals surface area (Å²) in [4.78, 5) is 21.8.